The van der Waals surface area contributed by atoms with Crippen molar-refractivity contribution in [1.29, 1.82) is 0 Å². The van der Waals surface area contributed by atoms with Gasteiger partial charge in [-0.1, -0.05) is 42.5 Å². The average Bonchev–Trinajstić information content (AvgIpc) is 2.84. The molecule has 1 aliphatic heterocycles. The fourth-order valence-corrected chi connectivity index (χ4v) is 3.68. The lowest BCUT2D eigenvalue weighted by atomic mass is 9.77. The van der Waals surface area contributed by atoms with E-state index in [2.05, 4.69) is 53.8 Å². The molecule has 1 aliphatic carbocycles. The van der Waals surface area contributed by atoms with Crippen molar-refractivity contribution >= 4 is 5.69 Å². The van der Waals surface area contributed by atoms with Crippen molar-refractivity contribution in [3.8, 4) is 0 Å². The fourth-order valence-electron chi connectivity index (χ4n) is 3.68. The molecule has 0 amide bonds. The highest BCUT2D eigenvalue weighted by molar-refractivity contribution is 5.65. The maximum absolute atomic E-state index is 6.26. The van der Waals surface area contributed by atoms with Crippen LogP contribution >= 0.6 is 0 Å². The van der Waals surface area contributed by atoms with E-state index in [1.165, 1.54) is 28.8 Å². The van der Waals surface area contributed by atoms with Gasteiger partial charge in [0.2, 0.25) is 0 Å². The van der Waals surface area contributed by atoms with E-state index >= 15 is 0 Å². The van der Waals surface area contributed by atoms with E-state index in [1.807, 2.05) is 0 Å². The molecule has 2 nitrogen and oxygen atoms in total. The van der Waals surface area contributed by atoms with Crippen LogP contribution in [-0.2, 0) is 0 Å². The number of rotatable bonds is 1. The molecular weight excluding hydrogens is 232 g/mol. The first-order valence-corrected chi connectivity index (χ1v) is 7.04. The maximum Gasteiger partial charge on any atom is 0.0583 e. The minimum Gasteiger partial charge on any atom is -0.377 e. The Morgan fingerprint density at radius 2 is 1.79 bits per heavy atom. The Hall–Kier alpha value is -1.80. The molecule has 4 rings (SSSR count). The normalized spacial score (nSPS) is 27.7. The Balaban J connectivity index is 1.82. The summed E-state index contributed by atoms with van der Waals surface area (Å²) < 4.78 is 0. The van der Waals surface area contributed by atoms with Gasteiger partial charge in [-0.3, -0.25) is 0 Å². The largest absolute Gasteiger partial charge is 0.377 e. The monoisotopic (exact) mass is 250 g/mol. The number of hydrogen-bond donors (Lipinski definition) is 2. The van der Waals surface area contributed by atoms with Gasteiger partial charge in [0.05, 0.1) is 6.04 Å². The van der Waals surface area contributed by atoms with Crippen LogP contribution < -0.4 is 11.1 Å². The Bertz CT molecular complexity index is 606. The van der Waals surface area contributed by atoms with Gasteiger partial charge in [0, 0.05) is 17.6 Å². The van der Waals surface area contributed by atoms with Gasteiger partial charge in [-0.25, -0.2) is 0 Å². The third kappa shape index (κ3) is 1.60. The highest BCUT2D eigenvalue weighted by Gasteiger charge is 2.38. The second-order valence-corrected chi connectivity index (χ2v) is 5.63. The number of benzene rings is 2. The molecule has 2 aliphatic rings. The van der Waals surface area contributed by atoms with Gasteiger partial charge in [0.25, 0.3) is 0 Å². The summed E-state index contributed by atoms with van der Waals surface area (Å²) in [5, 5.41) is 3.70. The zero-order valence-electron chi connectivity index (χ0n) is 10.8. The molecule has 2 aromatic carbocycles. The van der Waals surface area contributed by atoms with Crippen LogP contribution in [0.25, 0.3) is 0 Å². The van der Waals surface area contributed by atoms with Gasteiger partial charge in [-0.15, -0.1) is 0 Å². The first kappa shape index (κ1) is 11.1. The van der Waals surface area contributed by atoms with Gasteiger partial charge in [0.1, 0.15) is 0 Å². The molecule has 19 heavy (non-hydrogen) atoms. The first-order chi connectivity index (χ1) is 9.34. The van der Waals surface area contributed by atoms with E-state index in [9.17, 15) is 0 Å². The first-order valence-electron chi connectivity index (χ1n) is 7.04. The van der Waals surface area contributed by atoms with Crippen molar-refractivity contribution in [2.75, 3.05) is 5.32 Å². The molecule has 0 spiro atoms. The lowest BCUT2D eigenvalue weighted by molar-refractivity contribution is 0.471. The topological polar surface area (TPSA) is 38.0 Å². The standard InChI is InChI=1S/C17H18N2/c18-14-10-9-13-16-12(14)7-4-8-15(16)19-17(13)11-5-2-1-3-6-11/h1-8,13-14,17,19H,9-10,18H2. The SMILES string of the molecule is NC1CCC2c3c(cccc31)NC2c1ccccc1. The van der Waals surface area contributed by atoms with Crippen molar-refractivity contribution in [1.82, 2.24) is 0 Å². The van der Waals surface area contributed by atoms with E-state index in [4.69, 9.17) is 5.73 Å². The minimum absolute atomic E-state index is 0.211. The molecule has 1 heterocycles. The van der Waals surface area contributed by atoms with Gasteiger partial charge in [-0.2, -0.15) is 0 Å². The summed E-state index contributed by atoms with van der Waals surface area (Å²) in [6, 6.07) is 17.9. The molecule has 3 unspecified atom stereocenters. The van der Waals surface area contributed by atoms with E-state index in [1.54, 1.807) is 0 Å². The molecular formula is C17H18N2. The molecule has 3 atom stereocenters. The Labute approximate surface area is 113 Å². The van der Waals surface area contributed by atoms with Crippen LogP contribution in [0.3, 0.4) is 0 Å². The van der Waals surface area contributed by atoms with Crippen molar-refractivity contribution in [2.24, 2.45) is 5.73 Å². The minimum atomic E-state index is 0.211. The molecule has 0 saturated heterocycles. The van der Waals surface area contributed by atoms with Crippen molar-refractivity contribution < 1.29 is 0 Å². The van der Waals surface area contributed by atoms with Crippen LogP contribution in [0.2, 0.25) is 0 Å². The maximum atomic E-state index is 6.26. The van der Waals surface area contributed by atoms with Gasteiger partial charge < -0.3 is 11.1 Å². The van der Waals surface area contributed by atoms with Crippen LogP contribution in [0.5, 0.6) is 0 Å². The quantitative estimate of drug-likeness (QED) is 0.809. The van der Waals surface area contributed by atoms with Crippen LogP contribution in [0.4, 0.5) is 5.69 Å². The zero-order chi connectivity index (χ0) is 12.8. The van der Waals surface area contributed by atoms with Gasteiger partial charge in [0.15, 0.2) is 0 Å². The fraction of sp³-hybridized carbons (Fsp3) is 0.294. The molecule has 0 fully saturated rings. The van der Waals surface area contributed by atoms with Crippen LogP contribution in [0.1, 0.15) is 47.5 Å². The van der Waals surface area contributed by atoms with Gasteiger partial charge in [-0.05, 0) is 35.6 Å². The average molecular weight is 250 g/mol. The van der Waals surface area contributed by atoms with Crippen molar-refractivity contribution in [3.05, 3.63) is 65.2 Å². The molecule has 0 radical (unpaired) electrons. The second kappa shape index (κ2) is 4.10. The summed E-state index contributed by atoms with van der Waals surface area (Å²) in [5.41, 5.74) is 11.7. The van der Waals surface area contributed by atoms with Crippen LogP contribution in [-0.4, -0.2) is 0 Å². The van der Waals surface area contributed by atoms with E-state index in [0.717, 1.165) is 6.42 Å². The lowest BCUT2D eigenvalue weighted by Gasteiger charge is -2.29. The molecule has 3 N–H and O–H groups in total. The molecule has 2 heteroatoms. The molecule has 96 valence electrons. The summed E-state index contributed by atoms with van der Waals surface area (Å²) >= 11 is 0. The molecule has 0 saturated carbocycles. The van der Waals surface area contributed by atoms with E-state index in [-0.39, 0.29) is 6.04 Å². The highest BCUT2D eigenvalue weighted by Crippen LogP contribution is 2.52. The highest BCUT2D eigenvalue weighted by atomic mass is 15.0. The summed E-state index contributed by atoms with van der Waals surface area (Å²) in [4.78, 5) is 0. The number of nitrogens with one attached hydrogen (secondary N) is 1. The third-order valence-electron chi connectivity index (χ3n) is 4.57. The van der Waals surface area contributed by atoms with Gasteiger partial charge >= 0.3 is 0 Å². The van der Waals surface area contributed by atoms with Crippen molar-refractivity contribution in [2.45, 2.75) is 30.8 Å². The van der Waals surface area contributed by atoms with Crippen LogP contribution in [0, 0.1) is 0 Å². The van der Waals surface area contributed by atoms with E-state index in [0.29, 0.717) is 12.0 Å². The second-order valence-electron chi connectivity index (χ2n) is 5.63. The predicted molar refractivity (Wildman–Crippen MR) is 78.2 cm³/mol. The Kier molecular flexibility index (Phi) is 2.39. The lowest BCUT2D eigenvalue weighted by Crippen LogP contribution is -2.21. The third-order valence-corrected chi connectivity index (χ3v) is 4.57. The van der Waals surface area contributed by atoms with E-state index < -0.39 is 0 Å². The molecule has 2 aromatic rings. The molecule has 0 bridgehead atoms. The summed E-state index contributed by atoms with van der Waals surface area (Å²) in [6.07, 6.45) is 2.27. The Morgan fingerprint density at radius 1 is 0.947 bits per heavy atom. The summed E-state index contributed by atoms with van der Waals surface area (Å²) in [5.74, 6) is 0.577. The number of anilines is 1. The number of hydrogen-bond acceptors (Lipinski definition) is 2. The Morgan fingerprint density at radius 3 is 2.63 bits per heavy atom. The van der Waals surface area contributed by atoms with Crippen molar-refractivity contribution in [3.63, 3.8) is 0 Å². The van der Waals surface area contributed by atoms with Crippen LogP contribution in [0.15, 0.2) is 48.5 Å². The number of nitrogens with two attached hydrogens (primary N) is 1. The summed E-state index contributed by atoms with van der Waals surface area (Å²) in [7, 11) is 0. The predicted octanol–water partition coefficient (Wildman–Crippen LogP) is 3.73. The smallest absolute Gasteiger partial charge is 0.0583 e. The summed E-state index contributed by atoms with van der Waals surface area (Å²) in [6.45, 7) is 0. The molecule has 0 aromatic heterocycles. The zero-order valence-corrected chi connectivity index (χ0v) is 10.8.